The minimum atomic E-state index is -0.979. The number of carbonyl (C=O) groups is 2. The summed E-state index contributed by atoms with van der Waals surface area (Å²) in [6.07, 6.45) is 0.990. The predicted octanol–water partition coefficient (Wildman–Crippen LogP) is 1.50. The van der Waals surface area contributed by atoms with E-state index in [0.29, 0.717) is 13.1 Å². The first-order valence-electron chi connectivity index (χ1n) is 7.24. The van der Waals surface area contributed by atoms with E-state index in [9.17, 15) is 9.59 Å². The number of nitrogens with zero attached hydrogens (tertiary/aromatic N) is 2. The summed E-state index contributed by atoms with van der Waals surface area (Å²) >= 11 is 1.91. The Morgan fingerprint density at radius 2 is 1.86 bits per heavy atom. The molecule has 2 saturated heterocycles. The Labute approximate surface area is 129 Å². The molecule has 21 heavy (non-hydrogen) atoms. The van der Waals surface area contributed by atoms with Crippen LogP contribution in [0.3, 0.4) is 0 Å². The molecule has 0 unspecified atom stereocenters. The highest BCUT2D eigenvalue weighted by atomic mass is 32.2. The fourth-order valence-electron chi connectivity index (χ4n) is 2.64. The molecule has 0 bridgehead atoms. The third kappa shape index (κ3) is 4.26. The number of carbonyl (C=O) groups excluding carboxylic acids is 1. The standard InChI is InChI=1S/C14H24N2O4S/c1-13(2)4-5-15(6-7-21-13)12(19)16-9-14(3,10-16)20-8-11(17)18/h4-10H2,1-3H3,(H,17,18). The second-order valence-electron chi connectivity index (χ2n) is 6.62. The van der Waals surface area contributed by atoms with Crippen molar-refractivity contribution in [3.05, 3.63) is 0 Å². The van der Waals surface area contributed by atoms with Crippen LogP contribution in [-0.2, 0) is 9.53 Å². The summed E-state index contributed by atoms with van der Waals surface area (Å²) in [6, 6.07) is 0.0460. The van der Waals surface area contributed by atoms with Gasteiger partial charge in [-0.25, -0.2) is 9.59 Å². The second-order valence-corrected chi connectivity index (χ2v) is 8.42. The molecule has 2 fully saturated rings. The molecule has 0 atom stereocenters. The summed E-state index contributed by atoms with van der Waals surface area (Å²) in [6.45, 7) is 8.45. The molecule has 120 valence electrons. The maximum Gasteiger partial charge on any atom is 0.329 e. The summed E-state index contributed by atoms with van der Waals surface area (Å²) in [4.78, 5) is 26.6. The van der Waals surface area contributed by atoms with Gasteiger partial charge in [0.15, 0.2) is 0 Å². The number of aliphatic carboxylic acids is 1. The van der Waals surface area contributed by atoms with Crippen molar-refractivity contribution in [1.29, 1.82) is 0 Å². The molecule has 2 rings (SSSR count). The molecule has 2 heterocycles. The molecule has 2 aliphatic heterocycles. The summed E-state index contributed by atoms with van der Waals surface area (Å²) in [5.41, 5.74) is -0.520. The van der Waals surface area contributed by atoms with Crippen LogP contribution < -0.4 is 0 Å². The summed E-state index contributed by atoms with van der Waals surface area (Å²) in [5.74, 6) is -0.0212. The van der Waals surface area contributed by atoms with E-state index in [-0.39, 0.29) is 17.4 Å². The molecule has 0 aromatic rings. The van der Waals surface area contributed by atoms with E-state index in [4.69, 9.17) is 9.84 Å². The highest BCUT2D eigenvalue weighted by Gasteiger charge is 2.44. The Bertz CT molecular complexity index is 421. The third-order valence-electron chi connectivity index (χ3n) is 3.97. The van der Waals surface area contributed by atoms with Gasteiger partial charge in [0.2, 0.25) is 0 Å². The molecule has 0 aliphatic carbocycles. The Balaban J connectivity index is 1.82. The van der Waals surface area contributed by atoms with Gasteiger partial charge in [-0.3, -0.25) is 0 Å². The quantitative estimate of drug-likeness (QED) is 0.854. The highest BCUT2D eigenvalue weighted by molar-refractivity contribution is 8.00. The lowest BCUT2D eigenvalue weighted by atomic mass is 9.97. The Hall–Kier alpha value is -0.950. The van der Waals surface area contributed by atoms with Crippen molar-refractivity contribution in [2.75, 3.05) is 38.5 Å². The van der Waals surface area contributed by atoms with Gasteiger partial charge in [0, 0.05) is 23.6 Å². The van der Waals surface area contributed by atoms with Gasteiger partial charge < -0.3 is 19.6 Å². The molecule has 1 N–H and O–H groups in total. The fourth-order valence-corrected chi connectivity index (χ4v) is 3.74. The smallest absolute Gasteiger partial charge is 0.329 e. The number of hydrogen-bond acceptors (Lipinski definition) is 4. The van der Waals surface area contributed by atoms with Crippen LogP contribution in [0.15, 0.2) is 0 Å². The number of rotatable bonds is 3. The van der Waals surface area contributed by atoms with Crippen LogP contribution >= 0.6 is 11.8 Å². The minimum Gasteiger partial charge on any atom is -0.480 e. The highest BCUT2D eigenvalue weighted by Crippen LogP contribution is 2.32. The van der Waals surface area contributed by atoms with Crippen LogP contribution in [0, 0.1) is 0 Å². The van der Waals surface area contributed by atoms with E-state index in [2.05, 4.69) is 13.8 Å². The first kappa shape index (κ1) is 16.4. The normalized spacial score (nSPS) is 24.1. The maximum absolute atomic E-state index is 12.4. The molecule has 0 radical (unpaired) electrons. The van der Waals surface area contributed by atoms with E-state index < -0.39 is 11.6 Å². The van der Waals surface area contributed by atoms with Crippen molar-refractivity contribution in [2.24, 2.45) is 0 Å². The molecule has 2 amide bonds. The van der Waals surface area contributed by atoms with Crippen LogP contribution in [0.25, 0.3) is 0 Å². The van der Waals surface area contributed by atoms with Crippen molar-refractivity contribution in [3.8, 4) is 0 Å². The first-order valence-corrected chi connectivity index (χ1v) is 8.23. The lowest BCUT2D eigenvalue weighted by Gasteiger charge is -2.48. The van der Waals surface area contributed by atoms with E-state index in [1.165, 1.54) is 0 Å². The van der Waals surface area contributed by atoms with Crippen molar-refractivity contribution >= 4 is 23.8 Å². The Morgan fingerprint density at radius 3 is 2.48 bits per heavy atom. The predicted molar refractivity (Wildman–Crippen MR) is 81.7 cm³/mol. The van der Waals surface area contributed by atoms with Crippen molar-refractivity contribution < 1.29 is 19.4 Å². The molecule has 2 aliphatic rings. The summed E-state index contributed by atoms with van der Waals surface area (Å²) in [7, 11) is 0. The van der Waals surface area contributed by atoms with Crippen LogP contribution in [0.5, 0.6) is 0 Å². The largest absolute Gasteiger partial charge is 0.480 e. The zero-order valence-corrected chi connectivity index (χ0v) is 13.7. The second kappa shape index (κ2) is 6.04. The van der Waals surface area contributed by atoms with Gasteiger partial charge in [0.1, 0.15) is 12.2 Å². The Kier molecular flexibility index (Phi) is 4.72. The fraction of sp³-hybridized carbons (Fsp3) is 0.857. The van der Waals surface area contributed by atoms with Gasteiger partial charge in [0.25, 0.3) is 0 Å². The minimum absolute atomic E-state index is 0.0460. The molecule has 6 nitrogen and oxygen atoms in total. The SMILES string of the molecule is CC1(OCC(=O)O)CN(C(=O)N2CCSC(C)(C)CC2)C1. The number of thioether (sulfide) groups is 1. The zero-order chi connectivity index (χ0) is 15.7. The summed E-state index contributed by atoms with van der Waals surface area (Å²) in [5, 5.41) is 8.64. The van der Waals surface area contributed by atoms with Gasteiger partial charge >= 0.3 is 12.0 Å². The van der Waals surface area contributed by atoms with E-state index in [1.54, 1.807) is 4.90 Å². The Morgan fingerprint density at radius 1 is 1.19 bits per heavy atom. The number of amides is 2. The van der Waals surface area contributed by atoms with E-state index in [0.717, 1.165) is 25.3 Å². The number of carboxylic acid groups (broad SMARTS) is 1. The molecule has 0 aromatic carbocycles. The topological polar surface area (TPSA) is 70.1 Å². The van der Waals surface area contributed by atoms with Crippen molar-refractivity contribution in [1.82, 2.24) is 9.80 Å². The number of hydrogen-bond donors (Lipinski definition) is 1. The van der Waals surface area contributed by atoms with Crippen molar-refractivity contribution in [3.63, 3.8) is 0 Å². The van der Waals surface area contributed by atoms with Crippen LogP contribution in [-0.4, -0.2) is 75.8 Å². The third-order valence-corrected chi connectivity index (χ3v) is 5.35. The van der Waals surface area contributed by atoms with Gasteiger partial charge in [-0.15, -0.1) is 0 Å². The molecular formula is C14H24N2O4S. The average Bonchev–Trinajstić information content (AvgIpc) is 2.53. The molecule has 0 spiro atoms. The van der Waals surface area contributed by atoms with Crippen LogP contribution in [0.4, 0.5) is 4.79 Å². The molecule has 0 aromatic heterocycles. The van der Waals surface area contributed by atoms with Crippen molar-refractivity contribution in [2.45, 2.75) is 37.5 Å². The molecule has 7 heteroatoms. The van der Waals surface area contributed by atoms with Crippen LogP contribution in [0.2, 0.25) is 0 Å². The zero-order valence-electron chi connectivity index (χ0n) is 12.9. The average molecular weight is 316 g/mol. The van der Waals surface area contributed by atoms with E-state index in [1.807, 2.05) is 23.6 Å². The number of carboxylic acids is 1. The lowest BCUT2D eigenvalue weighted by molar-refractivity contribution is -0.160. The summed E-state index contributed by atoms with van der Waals surface area (Å²) < 4.78 is 5.56. The van der Waals surface area contributed by atoms with Gasteiger partial charge in [0.05, 0.1) is 13.1 Å². The van der Waals surface area contributed by atoms with Gasteiger partial charge in [-0.1, -0.05) is 13.8 Å². The maximum atomic E-state index is 12.4. The monoisotopic (exact) mass is 316 g/mol. The molecular weight excluding hydrogens is 292 g/mol. The number of urea groups is 1. The van der Waals surface area contributed by atoms with Gasteiger partial charge in [-0.05, 0) is 13.3 Å². The number of ether oxygens (including phenoxy) is 1. The lowest BCUT2D eigenvalue weighted by Crippen LogP contribution is -2.65. The number of likely N-dealkylation sites (tertiary alicyclic amines) is 1. The van der Waals surface area contributed by atoms with E-state index >= 15 is 0 Å². The van der Waals surface area contributed by atoms with Gasteiger partial charge in [-0.2, -0.15) is 11.8 Å². The molecule has 0 saturated carbocycles. The van der Waals surface area contributed by atoms with Crippen LogP contribution in [0.1, 0.15) is 27.2 Å². The first-order chi connectivity index (χ1) is 9.71.